The van der Waals surface area contributed by atoms with E-state index in [1.165, 1.54) is 12.0 Å². The first-order valence-electron chi connectivity index (χ1n) is 8.51. The Morgan fingerprint density at radius 2 is 2.00 bits per heavy atom. The monoisotopic (exact) mass is 322 g/mol. The lowest BCUT2D eigenvalue weighted by molar-refractivity contribution is 0.260. The summed E-state index contributed by atoms with van der Waals surface area (Å²) in [5, 5.41) is 9.62. The van der Waals surface area contributed by atoms with Crippen LogP contribution in [0.25, 0.3) is 11.2 Å². The summed E-state index contributed by atoms with van der Waals surface area (Å²) in [6.45, 7) is 4.03. The van der Waals surface area contributed by atoms with E-state index in [0.29, 0.717) is 11.7 Å². The Balaban J connectivity index is 1.47. The number of imidazole rings is 1. The standard InChI is InChI=1S/C19H22N4O/c24-14-18-21-17-7-4-9-20-19(17)23(18)13-16-8-10-22(12-16)11-15-5-2-1-3-6-15/h1-7,9,16,24H,8,10-14H2. The van der Waals surface area contributed by atoms with Crippen molar-refractivity contribution < 1.29 is 5.11 Å². The van der Waals surface area contributed by atoms with E-state index >= 15 is 0 Å². The maximum atomic E-state index is 9.62. The molecule has 1 aromatic carbocycles. The number of hydrogen-bond donors (Lipinski definition) is 1. The van der Waals surface area contributed by atoms with E-state index in [0.717, 1.165) is 37.3 Å². The highest BCUT2D eigenvalue weighted by atomic mass is 16.3. The van der Waals surface area contributed by atoms with Crippen LogP contribution in [0, 0.1) is 5.92 Å². The van der Waals surface area contributed by atoms with Gasteiger partial charge in [0.2, 0.25) is 0 Å². The number of aliphatic hydroxyl groups excluding tert-OH is 1. The first-order chi connectivity index (χ1) is 11.8. The van der Waals surface area contributed by atoms with Gasteiger partial charge in [-0.05, 0) is 36.6 Å². The van der Waals surface area contributed by atoms with Crippen molar-refractivity contribution >= 4 is 11.2 Å². The number of aromatic nitrogens is 3. The molecule has 1 aliphatic rings. The average Bonchev–Trinajstić information content (AvgIpc) is 3.21. The number of aliphatic hydroxyl groups is 1. The minimum Gasteiger partial charge on any atom is -0.388 e. The minimum atomic E-state index is -0.0448. The second-order valence-corrected chi connectivity index (χ2v) is 6.52. The van der Waals surface area contributed by atoms with E-state index < -0.39 is 0 Å². The van der Waals surface area contributed by atoms with Crippen LogP contribution in [-0.2, 0) is 19.7 Å². The van der Waals surface area contributed by atoms with E-state index in [9.17, 15) is 5.11 Å². The van der Waals surface area contributed by atoms with Crippen molar-refractivity contribution in [2.75, 3.05) is 13.1 Å². The number of hydrogen-bond acceptors (Lipinski definition) is 4. The van der Waals surface area contributed by atoms with E-state index in [1.807, 2.05) is 12.1 Å². The van der Waals surface area contributed by atoms with Gasteiger partial charge in [-0.25, -0.2) is 9.97 Å². The third kappa shape index (κ3) is 3.05. The zero-order valence-corrected chi connectivity index (χ0v) is 13.7. The van der Waals surface area contributed by atoms with Crippen molar-refractivity contribution in [3.05, 3.63) is 60.0 Å². The van der Waals surface area contributed by atoms with Crippen LogP contribution < -0.4 is 0 Å². The maximum Gasteiger partial charge on any atom is 0.160 e. The molecule has 0 amide bonds. The van der Waals surface area contributed by atoms with E-state index in [-0.39, 0.29) is 6.61 Å². The first-order valence-corrected chi connectivity index (χ1v) is 8.51. The summed E-state index contributed by atoms with van der Waals surface area (Å²) in [6.07, 6.45) is 2.96. The van der Waals surface area contributed by atoms with Gasteiger partial charge in [-0.1, -0.05) is 30.3 Å². The predicted molar refractivity (Wildman–Crippen MR) is 93.3 cm³/mol. The van der Waals surface area contributed by atoms with Crippen molar-refractivity contribution in [2.24, 2.45) is 5.92 Å². The van der Waals surface area contributed by atoms with Crippen molar-refractivity contribution in [3.63, 3.8) is 0 Å². The van der Waals surface area contributed by atoms with E-state index in [4.69, 9.17) is 0 Å². The van der Waals surface area contributed by atoms with Gasteiger partial charge in [0, 0.05) is 25.8 Å². The highest BCUT2D eigenvalue weighted by Gasteiger charge is 2.24. The van der Waals surface area contributed by atoms with Crippen molar-refractivity contribution in [3.8, 4) is 0 Å². The highest BCUT2D eigenvalue weighted by Crippen LogP contribution is 2.23. The lowest BCUT2D eigenvalue weighted by atomic mass is 10.1. The van der Waals surface area contributed by atoms with Gasteiger partial charge in [0.1, 0.15) is 17.9 Å². The molecule has 1 atom stereocenters. The van der Waals surface area contributed by atoms with Gasteiger partial charge in [0.05, 0.1) is 0 Å². The van der Waals surface area contributed by atoms with Crippen molar-refractivity contribution in [1.82, 2.24) is 19.4 Å². The van der Waals surface area contributed by atoms with Crippen LogP contribution in [0.5, 0.6) is 0 Å². The topological polar surface area (TPSA) is 54.2 Å². The quantitative estimate of drug-likeness (QED) is 0.784. The van der Waals surface area contributed by atoms with Gasteiger partial charge in [0.15, 0.2) is 5.65 Å². The molecule has 0 saturated carbocycles. The van der Waals surface area contributed by atoms with E-state index in [1.54, 1.807) is 6.20 Å². The molecule has 1 fully saturated rings. The largest absolute Gasteiger partial charge is 0.388 e. The van der Waals surface area contributed by atoms with E-state index in [2.05, 4.69) is 49.8 Å². The molecule has 0 aliphatic carbocycles. The molecule has 4 rings (SSSR count). The summed E-state index contributed by atoms with van der Waals surface area (Å²) in [5.41, 5.74) is 3.10. The summed E-state index contributed by atoms with van der Waals surface area (Å²) in [6, 6.07) is 14.5. The number of fused-ring (bicyclic) bond motifs is 1. The lowest BCUT2D eigenvalue weighted by Gasteiger charge is -2.17. The molecule has 5 nitrogen and oxygen atoms in total. The van der Waals surface area contributed by atoms with Crippen LogP contribution >= 0.6 is 0 Å². The third-order valence-corrected chi connectivity index (χ3v) is 4.78. The highest BCUT2D eigenvalue weighted by molar-refractivity contribution is 5.71. The van der Waals surface area contributed by atoms with Gasteiger partial charge < -0.3 is 9.67 Å². The van der Waals surface area contributed by atoms with Gasteiger partial charge in [-0.15, -0.1) is 0 Å². The Kier molecular flexibility index (Phi) is 4.28. The molecule has 1 unspecified atom stereocenters. The van der Waals surface area contributed by atoms with Gasteiger partial charge in [0.25, 0.3) is 0 Å². The molecule has 0 bridgehead atoms. The smallest absolute Gasteiger partial charge is 0.160 e. The van der Waals surface area contributed by atoms with Crippen LogP contribution in [0.4, 0.5) is 0 Å². The molecular weight excluding hydrogens is 300 g/mol. The first kappa shape index (κ1) is 15.3. The molecule has 1 saturated heterocycles. The molecule has 3 aromatic rings. The summed E-state index contributed by atoms with van der Waals surface area (Å²) >= 11 is 0. The molecule has 1 N–H and O–H groups in total. The molecule has 5 heteroatoms. The Morgan fingerprint density at radius 1 is 1.12 bits per heavy atom. The molecule has 0 spiro atoms. The Morgan fingerprint density at radius 3 is 2.83 bits per heavy atom. The number of likely N-dealkylation sites (tertiary alicyclic amines) is 1. The number of benzene rings is 1. The summed E-state index contributed by atoms with van der Waals surface area (Å²) in [7, 11) is 0. The number of rotatable bonds is 5. The van der Waals surface area contributed by atoms with Crippen LogP contribution in [0.3, 0.4) is 0 Å². The lowest BCUT2D eigenvalue weighted by Crippen LogP contribution is -2.22. The zero-order valence-electron chi connectivity index (χ0n) is 13.7. The fraction of sp³-hybridized carbons (Fsp3) is 0.368. The molecule has 24 heavy (non-hydrogen) atoms. The number of pyridine rings is 1. The normalized spacial score (nSPS) is 18.5. The fourth-order valence-electron chi connectivity index (χ4n) is 3.62. The molecule has 2 aromatic heterocycles. The average molecular weight is 322 g/mol. The van der Waals surface area contributed by atoms with Crippen LogP contribution in [0.1, 0.15) is 17.8 Å². The Bertz CT molecular complexity index is 815. The molecule has 1 aliphatic heterocycles. The van der Waals surface area contributed by atoms with Crippen molar-refractivity contribution in [2.45, 2.75) is 26.1 Å². The van der Waals surface area contributed by atoms with Crippen LogP contribution in [0.15, 0.2) is 48.7 Å². The van der Waals surface area contributed by atoms with Gasteiger partial charge in [-0.2, -0.15) is 0 Å². The van der Waals surface area contributed by atoms with Crippen molar-refractivity contribution in [1.29, 1.82) is 0 Å². The van der Waals surface area contributed by atoms with Gasteiger partial charge >= 0.3 is 0 Å². The van der Waals surface area contributed by atoms with Crippen LogP contribution in [0.2, 0.25) is 0 Å². The molecule has 3 heterocycles. The fourth-order valence-corrected chi connectivity index (χ4v) is 3.62. The summed E-state index contributed by atoms with van der Waals surface area (Å²) < 4.78 is 2.09. The molecular formula is C19H22N4O. The Hall–Kier alpha value is -2.24. The molecule has 124 valence electrons. The summed E-state index contributed by atoms with van der Waals surface area (Å²) in [4.78, 5) is 11.5. The predicted octanol–water partition coefficient (Wildman–Crippen LogP) is 2.45. The second-order valence-electron chi connectivity index (χ2n) is 6.52. The maximum absolute atomic E-state index is 9.62. The Labute approximate surface area is 141 Å². The molecule has 0 radical (unpaired) electrons. The second kappa shape index (κ2) is 6.71. The summed E-state index contributed by atoms with van der Waals surface area (Å²) in [5.74, 6) is 1.28. The van der Waals surface area contributed by atoms with Crippen LogP contribution in [-0.4, -0.2) is 37.6 Å². The third-order valence-electron chi connectivity index (χ3n) is 4.78. The SMILES string of the molecule is OCc1nc2cccnc2n1CC1CCN(Cc2ccccc2)C1. The zero-order chi connectivity index (χ0) is 16.4. The minimum absolute atomic E-state index is 0.0448. The van der Waals surface area contributed by atoms with Gasteiger partial charge in [-0.3, -0.25) is 4.90 Å². The number of nitrogens with zero attached hydrogens (tertiary/aromatic N) is 4.